The number of amides is 3. The van der Waals surface area contributed by atoms with Crippen LogP contribution in [-0.4, -0.2) is 29.9 Å². The molecule has 29 heavy (non-hydrogen) atoms. The topological polar surface area (TPSA) is 52.7 Å². The largest absolute Gasteiger partial charge is 0.324 e. The van der Waals surface area contributed by atoms with Crippen molar-refractivity contribution in [1.82, 2.24) is 4.90 Å². The van der Waals surface area contributed by atoms with E-state index < -0.39 is 0 Å². The van der Waals surface area contributed by atoms with Crippen LogP contribution in [0.1, 0.15) is 16.9 Å². The fraction of sp³-hybridized carbons (Fsp3) is 0.217. The summed E-state index contributed by atoms with van der Waals surface area (Å²) in [5.74, 6) is -0.0782. The molecule has 5 nitrogen and oxygen atoms in total. The second-order valence-corrected chi connectivity index (χ2v) is 8.05. The van der Waals surface area contributed by atoms with E-state index in [1.807, 2.05) is 77.0 Å². The van der Waals surface area contributed by atoms with Gasteiger partial charge in [-0.1, -0.05) is 48.5 Å². The molecule has 1 N–H and O–H groups in total. The molecule has 0 bridgehead atoms. The number of hydrogen-bond acceptors (Lipinski definition) is 3. The molecular formula is C23H23N3O2S. The average molecular weight is 406 g/mol. The van der Waals surface area contributed by atoms with E-state index in [1.165, 1.54) is 0 Å². The number of nitrogens with zero attached hydrogens (tertiary/aromatic N) is 2. The zero-order valence-electron chi connectivity index (χ0n) is 16.1. The first kappa shape index (κ1) is 19.2. The van der Waals surface area contributed by atoms with Gasteiger partial charge in [-0.2, -0.15) is 0 Å². The minimum Gasteiger partial charge on any atom is -0.324 e. The van der Waals surface area contributed by atoms with Crippen molar-refractivity contribution in [3.63, 3.8) is 0 Å². The molecule has 6 heteroatoms. The lowest BCUT2D eigenvalue weighted by Gasteiger charge is -2.36. The Balaban J connectivity index is 1.50. The number of nitrogens with one attached hydrogen (secondary N) is 1. The lowest BCUT2D eigenvalue weighted by atomic mass is 10.1. The number of rotatable bonds is 6. The summed E-state index contributed by atoms with van der Waals surface area (Å²) in [6.45, 7) is 1.96. The highest BCUT2D eigenvalue weighted by molar-refractivity contribution is 7.10. The van der Waals surface area contributed by atoms with Gasteiger partial charge < -0.3 is 10.2 Å². The van der Waals surface area contributed by atoms with Crippen molar-refractivity contribution in [2.45, 2.75) is 19.4 Å². The summed E-state index contributed by atoms with van der Waals surface area (Å²) in [6.07, 6.45) is 1.22. The van der Waals surface area contributed by atoms with Gasteiger partial charge in [-0.3, -0.25) is 9.69 Å². The summed E-state index contributed by atoms with van der Waals surface area (Å²) in [5.41, 5.74) is 2.53. The van der Waals surface area contributed by atoms with Gasteiger partial charge in [-0.25, -0.2) is 4.79 Å². The number of hydrogen-bond donors (Lipinski definition) is 1. The van der Waals surface area contributed by atoms with Crippen molar-refractivity contribution in [1.29, 1.82) is 0 Å². The lowest BCUT2D eigenvalue weighted by Crippen LogP contribution is -2.49. The van der Waals surface area contributed by atoms with Crippen LogP contribution in [0.4, 0.5) is 16.2 Å². The Morgan fingerprint density at radius 1 is 0.966 bits per heavy atom. The third-order valence-electron chi connectivity index (χ3n) is 4.91. The molecule has 148 valence electrons. The minimum atomic E-state index is -0.0782. The van der Waals surface area contributed by atoms with Crippen LogP contribution < -0.4 is 10.2 Å². The van der Waals surface area contributed by atoms with Gasteiger partial charge in [-0.15, -0.1) is 11.3 Å². The highest BCUT2D eigenvalue weighted by Crippen LogP contribution is 2.29. The van der Waals surface area contributed by atoms with Crippen molar-refractivity contribution in [2.75, 3.05) is 23.3 Å². The molecule has 1 aliphatic heterocycles. The number of para-hydroxylation sites is 2. The number of urea groups is 1. The van der Waals surface area contributed by atoms with E-state index in [0.29, 0.717) is 25.2 Å². The molecule has 3 amide bonds. The quantitative estimate of drug-likeness (QED) is 0.643. The lowest BCUT2D eigenvalue weighted by molar-refractivity contribution is -0.115. The minimum absolute atomic E-state index is 0.0277. The van der Waals surface area contributed by atoms with Gasteiger partial charge in [0.25, 0.3) is 0 Å². The maximum absolute atomic E-state index is 13.2. The standard InChI is InChI=1S/C23H23N3O2S/c27-22(16-19-10-6-15-29-19)24-20-11-4-5-12-21(20)26-14-7-13-25(23(26)28)17-18-8-2-1-3-9-18/h1-6,8-12,15H,7,13-14,16-17H2,(H,24,27). The predicted octanol–water partition coefficient (Wildman–Crippen LogP) is 4.76. The van der Waals surface area contributed by atoms with Crippen LogP contribution in [0.2, 0.25) is 0 Å². The van der Waals surface area contributed by atoms with Crippen molar-refractivity contribution < 1.29 is 9.59 Å². The second-order valence-electron chi connectivity index (χ2n) is 7.02. The smallest absolute Gasteiger partial charge is 0.324 e. The molecule has 1 aliphatic rings. The molecule has 0 spiro atoms. The molecular weight excluding hydrogens is 382 g/mol. The molecule has 1 aromatic heterocycles. The fourth-order valence-corrected chi connectivity index (χ4v) is 4.24. The van der Waals surface area contributed by atoms with E-state index >= 15 is 0 Å². The van der Waals surface area contributed by atoms with E-state index in [2.05, 4.69) is 5.32 Å². The SMILES string of the molecule is O=C(Cc1cccs1)Nc1ccccc1N1CCCN(Cc2ccccc2)C1=O. The predicted molar refractivity (Wildman–Crippen MR) is 117 cm³/mol. The Kier molecular flexibility index (Phi) is 5.91. The molecule has 0 unspecified atom stereocenters. The third kappa shape index (κ3) is 4.66. The van der Waals surface area contributed by atoms with E-state index in [0.717, 1.165) is 29.1 Å². The number of benzene rings is 2. The number of carbonyl (C=O) groups excluding carboxylic acids is 2. The van der Waals surface area contributed by atoms with Crippen LogP contribution >= 0.6 is 11.3 Å². The van der Waals surface area contributed by atoms with Gasteiger partial charge in [0.2, 0.25) is 5.91 Å². The molecule has 0 atom stereocenters. The molecule has 1 saturated heterocycles. The normalized spacial score (nSPS) is 14.1. The van der Waals surface area contributed by atoms with E-state index in [4.69, 9.17) is 0 Å². The van der Waals surface area contributed by atoms with E-state index in [1.54, 1.807) is 16.2 Å². The molecule has 3 aromatic rings. The van der Waals surface area contributed by atoms with Crippen molar-refractivity contribution >= 4 is 34.6 Å². The summed E-state index contributed by atoms with van der Waals surface area (Å²) in [4.78, 5) is 30.3. The Hall–Kier alpha value is -3.12. The molecule has 1 fully saturated rings. The number of anilines is 2. The van der Waals surface area contributed by atoms with Crippen molar-refractivity contribution in [3.8, 4) is 0 Å². The third-order valence-corrected chi connectivity index (χ3v) is 5.79. The van der Waals surface area contributed by atoms with E-state index in [-0.39, 0.29) is 11.9 Å². The van der Waals surface area contributed by atoms with Gasteiger partial charge in [0.05, 0.1) is 17.8 Å². The molecule has 2 heterocycles. The van der Waals surface area contributed by atoms with Gasteiger partial charge in [-0.05, 0) is 35.6 Å². The maximum atomic E-state index is 13.2. The first-order chi connectivity index (χ1) is 14.2. The highest BCUT2D eigenvalue weighted by Gasteiger charge is 2.28. The number of carbonyl (C=O) groups is 2. The molecule has 0 saturated carbocycles. The summed E-state index contributed by atoms with van der Waals surface area (Å²) < 4.78 is 0. The van der Waals surface area contributed by atoms with Gasteiger partial charge in [0.1, 0.15) is 0 Å². The highest BCUT2D eigenvalue weighted by atomic mass is 32.1. The van der Waals surface area contributed by atoms with Crippen molar-refractivity contribution in [2.24, 2.45) is 0 Å². The molecule has 0 aliphatic carbocycles. The zero-order chi connectivity index (χ0) is 20.1. The molecule has 2 aromatic carbocycles. The van der Waals surface area contributed by atoms with Crippen LogP contribution in [0.15, 0.2) is 72.1 Å². The first-order valence-electron chi connectivity index (χ1n) is 9.72. The molecule has 0 radical (unpaired) electrons. The van der Waals surface area contributed by atoms with Crippen LogP contribution in [0.25, 0.3) is 0 Å². The van der Waals surface area contributed by atoms with Crippen LogP contribution in [-0.2, 0) is 17.8 Å². The summed E-state index contributed by atoms with van der Waals surface area (Å²) in [5, 5.41) is 4.95. The number of thiophene rings is 1. The first-order valence-corrected chi connectivity index (χ1v) is 10.6. The summed E-state index contributed by atoms with van der Waals surface area (Å²) in [6, 6.07) is 21.4. The maximum Gasteiger partial charge on any atom is 0.324 e. The Bertz CT molecular complexity index is 973. The van der Waals surface area contributed by atoms with Gasteiger partial charge >= 0.3 is 6.03 Å². The van der Waals surface area contributed by atoms with Crippen LogP contribution in [0.5, 0.6) is 0 Å². The van der Waals surface area contributed by atoms with Crippen molar-refractivity contribution in [3.05, 3.63) is 82.6 Å². The monoisotopic (exact) mass is 405 g/mol. The van der Waals surface area contributed by atoms with E-state index in [9.17, 15) is 9.59 Å². The molecule has 4 rings (SSSR count). The van der Waals surface area contributed by atoms with Gasteiger partial charge in [0, 0.05) is 24.5 Å². The Morgan fingerprint density at radius 3 is 2.55 bits per heavy atom. The van der Waals surface area contributed by atoms with Gasteiger partial charge in [0.15, 0.2) is 0 Å². The fourth-order valence-electron chi connectivity index (χ4n) is 3.54. The van der Waals surface area contributed by atoms with Crippen LogP contribution in [0.3, 0.4) is 0 Å². The zero-order valence-corrected chi connectivity index (χ0v) is 16.9. The Labute approximate surface area is 174 Å². The summed E-state index contributed by atoms with van der Waals surface area (Å²) >= 11 is 1.56. The van der Waals surface area contributed by atoms with Crippen LogP contribution in [0, 0.1) is 0 Å². The average Bonchev–Trinajstić information content (AvgIpc) is 3.24. The second kappa shape index (κ2) is 8.92. The Morgan fingerprint density at radius 2 is 1.76 bits per heavy atom. The summed E-state index contributed by atoms with van der Waals surface area (Å²) in [7, 11) is 0.